The molecule has 1 unspecified atom stereocenters. The summed E-state index contributed by atoms with van der Waals surface area (Å²) < 4.78 is 14.2. The van der Waals surface area contributed by atoms with Gasteiger partial charge < -0.3 is 15.3 Å². The van der Waals surface area contributed by atoms with E-state index in [1.807, 2.05) is 0 Å². The van der Waals surface area contributed by atoms with Crippen LogP contribution in [-0.2, 0) is 4.79 Å². The molecular weight excluding hydrogens is 239 g/mol. The van der Waals surface area contributed by atoms with E-state index >= 15 is 0 Å². The fraction of sp³-hybridized carbons (Fsp3) is 0.154. The molecule has 1 atom stereocenters. The minimum Gasteiger partial charge on any atom is -0.478 e. The highest BCUT2D eigenvalue weighted by atomic mass is 19.1. The molecule has 1 aliphatic rings. The largest absolute Gasteiger partial charge is 0.478 e. The van der Waals surface area contributed by atoms with Crippen molar-refractivity contribution in [2.75, 3.05) is 0 Å². The van der Waals surface area contributed by atoms with E-state index in [0.717, 1.165) is 6.08 Å². The van der Waals surface area contributed by atoms with Crippen LogP contribution in [0, 0.1) is 0 Å². The first kappa shape index (κ1) is 12.5. The number of benzene rings is 1. The van der Waals surface area contributed by atoms with Gasteiger partial charge in [0, 0.05) is 0 Å². The zero-order valence-electron chi connectivity index (χ0n) is 9.25. The first-order valence-corrected chi connectivity index (χ1v) is 5.21. The van der Waals surface area contributed by atoms with Gasteiger partial charge in [0.1, 0.15) is 0 Å². The van der Waals surface area contributed by atoms with Crippen LogP contribution >= 0.6 is 0 Å². The molecule has 3 N–H and O–H groups in total. The van der Waals surface area contributed by atoms with Crippen molar-refractivity contribution in [3.05, 3.63) is 54.1 Å². The smallest absolute Gasteiger partial charge is 0.351 e. The summed E-state index contributed by atoms with van der Waals surface area (Å²) in [5, 5.41) is 27.6. The molecule has 0 aromatic heterocycles. The molecule has 94 valence electrons. The SMILES string of the molecule is O=C(O)C1(F)C=C(c2ccccc2)C=CC1(O)O. The van der Waals surface area contributed by atoms with Crippen LogP contribution in [0.3, 0.4) is 0 Å². The summed E-state index contributed by atoms with van der Waals surface area (Å²) in [7, 11) is 0. The summed E-state index contributed by atoms with van der Waals surface area (Å²) >= 11 is 0. The molecule has 5 heteroatoms. The van der Waals surface area contributed by atoms with Gasteiger partial charge in [0.15, 0.2) is 0 Å². The summed E-state index contributed by atoms with van der Waals surface area (Å²) in [6.45, 7) is 0. The summed E-state index contributed by atoms with van der Waals surface area (Å²) in [4.78, 5) is 10.9. The molecule has 0 heterocycles. The van der Waals surface area contributed by atoms with Gasteiger partial charge in [0.05, 0.1) is 0 Å². The van der Waals surface area contributed by atoms with Gasteiger partial charge in [0.25, 0.3) is 5.67 Å². The van der Waals surface area contributed by atoms with E-state index in [1.165, 1.54) is 6.08 Å². The van der Waals surface area contributed by atoms with Crippen molar-refractivity contribution in [3.63, 3.8) is 0 Å². The number of carboxylic acids is 1. The van der Waals surface area contributed by atoms with Gasteiger partial charge in [-0.3, -0.25) is 0 Å². The molecule has 1 aromatic carbocycles. The van der Waals surface area contributed by atoms with E-state index in [-0.39, 0.29) is 5.57 Å². The lowest BCUT2D eigenvalue weighted by atomic mass is 9.85. The second-order valence-corrected chi connectivity index (χ2v) is 4.04. The molecule has 1 aliphatic carbocycles. The van der Waals surface area contributed by atoms with E-state index in [4.69, 9.17) is 5.11 Å². The molecule has 0 fully saturated rings. The van der Waals surface area contributed by atoms with Gasteiger partial charge in [-0.25, -0.2) is 9.18 Å². The zero-order chi connectivity index (χ0) is 13.4. The number of aliphatic carboxylic acids is 1. The van der Waals surface area contributed by atoms with Crippen LogP contribution in [0.5, 0.6) is 0 Å². The quantitative estimate of drug-likeness (QED) is 0.687. The topological polar surface area (TPSA) is 77.8 Å². The standard InChI is InChI=1S/C13H11FO4/c14-12(11(15)16)8-10(6-7-13(12,17)18)9-4-2-1-3-5-9/h1-8,17-18H,(H,15,16). The fourth-order valence-electron chi connectivity index (χ4n) is 1.73. The molecular formula is C13H11FO4. The van der Waals surface area contributed by atoms with Gasteiger partial charge in [-0.05, 0) is 23.3 Å². The Morgan fingerprint density at radius 2 is 1.78 bits per heavy atom. The monoisotopic (exact) mass is 250 g/mol. The van der Waals surface area contributed by atoms with E-state index in [1.54, 1.807) is 30.3 Å². The molecule has 2 rings (SSSR count). The molecule has 4 nitrogen and oxygen atoms in total. The van der Waals surface area contributed by atoms with Crippen molar-refractivity contribution in [2.45, 2.75) is 11.5 Å². The first-order valence-electron chi connectivity index (χ1n) is 5.21. The summed E-state index contributed by atoms with van der Waals surface area (Å²) in [6, 6.07) is 8.52. The average Bonchev–Trinajstić information content (AvgIpc) is 2.33. The van der Waals surface area contributed by atoms with Gasteiger partial charge in [-0.2, -0.15) is 0 Å². The molecule has 1 aromatic rings. The first-order chi connectivity index (χ1) is 8.37. The van der Waals surface area contributed by atoms with Crippen molar-refractivity contribution in [3.8, 4) is 0 Å². The van der Waals surface area contributed by atoms with Crippen LogP contribution in [0.4, 0.5) is 4.39 Å². The summed E-state index contributed by atoms with van der Waals surface area (Å²) in [5.74, 6) is -5.01. The number of carbonyl (C=O) groups is 1. The minimum atomic E-state index is -3.27. The lowest BCUT2D eigenvalue weighted by Crippen LogP contribution is -2.55. The lowest BCUT2D eigenvalue weighted by molar-refractivity contribution is -0.210. The normalized spacial score (nSPS) is 25.6. The average molecular weight is 250 g/mol. The number of rotatable bonds is 2. The number of aliphatic hydroxyl groups is 2. The maximum Gasteiger partial charge on any atom is 0.351 e. The molecule has 0 bridgehead atoms. The third-order valence-corrected chi connectivity index (χ3v) is 2.80. The van der Waals surface area contributed by atoms with Crippen LogP contribution in [0.15, 0.2) is 48.6 Å². The number of hydrogen-bond acceptors (Lipinski definition) is 3. The van der Waals surface area contributed by atoms with Crippen molar-refractivity contribution < 1.29 is 24.5 Å². The maximum atomic E-state index is 14.2. The highest BCUT2D eigenvalue weighted by molar-refractivity contribution is 5.89. The van der Waals surface area contributed by atoms with Crippen molar-refractivity contribution in [1.82, 2.24) is 0 Å². The number of hydrogen-bond donors (Lipinski definition) is 3. The molecule has 0 aliphatic heterocycles. The highest BCUT2D eigenvalue weighted by Crippen LogP contribution is 2.36. The Balaban J connectivity index is 2.51. The van der Waals surface area contributed by atoms with E-state index in [0.29, 0.717) is 11.6 Å². The van der Waals surface area contributed by atoms with E-state index < -0.39 is 17.4 Å². The second-order valence-electron chi connectivity index (χ2n) is 4.04. The van der Waals surface area contributed by atoms with Gasteiger partial charge in [-0.15, -0.1) is 0 Å². The summed E-state index contributed by atoms with van der Waals surface area (Å²) in [5.41, 5.74) is -2.40. The third-order valence-electron chi connectivity index (χ3n) is 2.80. The summed E-state index contributed by atoms with van der Waals surface area (Å²) in [6.07, 6.45) is 2.70. The van der Waals surface area contributed by atoms with Crippen molar-refractivity contribution >= 4 is 11.5 Å². The number of carboxylic acid groups (broad SMARTS) is 1. The Morgan fingerprint density at radius 3 is 2.33 bits per heavy atom. The Morgan fingerprint density at radius 1 is 1.17 bits per heavy atom. The second kappa shape index (κ2) is 4.04. The Kier molecular flexibility index (Phi) is 2.80. The third kappa shape index (κ3) is 1.83. The maximum absolute atomic E-state index is 14.2. The molecule has 0 saturated carbocycles. The fourth-order valence-corrected chi connectivity index (χ4v) is 1.73. The molecule has 18 heavy (non-hydrogen) atoms. The molecule has 0 spiro atoms. The highest BCUT2D eigenvalue weighted by Gasteiger charge is 2.55. The molecule has 0 radical (unpaired) electrons. The lowest BCUT2D eigenvalue weighted by Gasteiger charge is -2.32. The number of halogens is 1. The Bertz CT molecular complexity index is 533. The van der Waals surface area contributed by atoms with Crippen LogP contribution < -0.4 is 0 Å². The zero-order valence-corrected chi connectivity index (χ0v) is 9.25. The van der Waals surface area contributed by atoms with Crippen molar-refractivity contribution in [2.24, 2.45) is 0 Å². The Labute approximate surface area is 102 Å². The minimum absolute atomic E-state index is 0.277. The molecule has 0 amide bonds. The predicted molar refractivity (Wildman–Crippen MR) is 62.2 cm³/mol. The van der Waals surface area contributed by atoms with Crippen LogP contribution in [0.25, 0.3) is 5.57 Å². The van der Waals surface area contributed by atoms with Gasteiger partial charge in [0.2, 0.25) is 5.79 Å². The van der Waals surface area contributed by atoms with E-state index in [9.17, 15) is 19.4 Å². The van der Waals surface area contributed by atoms with Crippen molar-refractivity contribution in [1.29, 1.82) is 0 Å². The predicted octanol–water partition coefficient (Wildman–Crippen LogP) is 1.11. The van der Waals surface area contributed by atoms with Crippen LogP contribution in [-0.4, -0.2) is 32.7 Å². The van der Waals surface area contributed by atoms with E-state index in [2.05, 4.69) is 0 Å². The Hall–Kier alpha value is -1.98. The van der Waals surface area contributed by atoms with Crippen LogP contribution in [0.2, 0.25) is 0 Å². The number of alkyl halides is 1. The van der Waals surface area contributed by atoms with Gasteiger partial charge >= 0.3 is 5.97 Å². The number of allylic oxidation sites excluding steroid dienone is 2. The molecule has 0 saturated heterocycles. The van der Waals surface area contributed by atoms with Gasteiger partial charge in [-0.1, -0.05) is 36.4 Å². The van der Waals surface area contributed by atoms with Crippen LogP contribution in [0.1, 0.15) is 5.56 Å².